The van der Waals surface area contributed by atoms with Crippen LogP contribution < -0.4 is 5.32 Å². The smallest absolute Gasteiger partial charge is 0.163 e. The van der Waals surface area contributed by atoms with Crippen molar-refractivity contribution in [3.8, 4) is 18.2 Å². The van der Waals surface area contributed by atoms with Gasteiger partial charge in [0.1, 0.15) is 23.9 Å². The van der Waals surface area contributed by atoms with Crippen molar-refractivity contribution in [2.75, 3.05) is 5.32 Å². The number of allylic oxidation sites excluding steroid dienone is 2. The Hall–Kier alpha value is -3.79. The predicted octanol–water partition coefficient (Wildman–Crippen LogP) is 4.17. The van der Waals surface area contributed by atoms with E-state index >= 15 is 0 Å². The molecule has 27 heavy (non-hydrogen) atoms. The summed E-state index contributed by atoms with van der Waals surface area (Å²) in [5.41, 5.74) is 3.14. The second-order valence-corrected chi connectivity index (χ2v) is 6.16. The van der Waals surface area contributed by atoms with Crippen LogP contribution >= 0.6 is 11.6 Å². The number of fused-ring (bicyclic) bond motifs is 1. The van der Waals surface area contributed by atoms with Gasteiger partial charge >= 0.3 is 0 Å². The average molecular weight is 373 g/mol. The molecule has 1 N–H and O–H groups in total. The zero-order valence-electron chi connectivity index (χ0n) is 14.1. The van der Waals surface area contributed by atoms with Gasteiger partial charge in [-0.3, -0.25) is 0 Å². The van der Waals surface area contributed by atoms with Gasteiger partial charge < -0.3 is 9.88 Å². The largest absolute Gasteiger partial charge is 0.345 e. The molecule has 130 valence electrons. The number of nitrogens with one attached hydrogen (secondary N) is 1. The summed E-state index contributed by atoms with van der Waals surface area (Å²) in [5.74, 6) is 0. The third-order valence-electron chi connectivity index (χ3n) is 4.03. The average Bonchev–Trinajstić information content (AvgIpc) is 3.10. The Morgan fingerprint density at radius 1 is 1.04 bits per heavy atom. The third kappa shape index (κ3) is 4.07. The highest BCUT2D eigenvalue weighted by Crippen LogP contribution is 2.21. The summed E-state index contributed by atoms with van der Waals surface area (Å²) in [5, 5.41) is 30.5. The summed E-state index contributed by atoms with van der Waals surface area (Å²) >= 11 is 5.91. The summed E-state index contributed by atoms with van der Waals surface area (Å²) in [4.78, 5) is 4.40. The van der Waals surface area contributed by atoms with Crippen LogP contribution in [0.25, 0.3) is 11.0 Å². The number of nitriles is 3. The first kappa shape index (κ1) is 18.0. The first-order valence-electron chi connectivity index (χ1n) is 8.05. The van der Waals surface area contributed by atoms with E-state index in [1.807, 2.05) is 41.0 Å². The topological polar surface area (TPSA) is 101 Å². The number of aryl methyl sites for hydroxylation is 2. The summed E-state index contributed by atoms with van der Waals surface area (Å²) in [6.45, 7) is 0.765. The highest BCUT2D eigenvalue weighted by Gasteiger charge is 2.08. The predicted molar refractivity (Wildman–Crippen MR) is 102 cm³/mol. The van der Waals surface area contributed by atoms with E-state index in [4.69, 9.17) is 27.4 Å². The minimum absolute atomic E-state index is 0.0819. The van der Waals surface area contributed by atoms with E-state index < -0.39 is 0 Å². The molecule has 1 aromatic heterocycles. The molecule has 3 aromatic rings. The van der Waals surface area contributed by atoms with Crippen molar-refractivity contribution in [2.45, 2.75) is 13.0 Å². The molecule has 0 bridgehead atoms. The normalized spacial score (nSPS) is 9.85. The molecule has 6 nitrogen and oxygen atoms in total. The van der Waals surface area contributed by atoms with Crippen LogP contribution in [0.5, 0.6) is 0 Å². The van der Waals surface area contributed by atoms with Crippen molar-refractivity contribution < 1.29 is 0 Å². The minimum Gasteiger partial charge on any atom is -0.345 e. The van der Waals surface area contributed by atoms with Crippen molar-refractivity contribution in [3.63, 3.8) is 0 Å². The van der Waals surface area contributed by atoms with Crippen LogP contribution in [0, 0.1) is 34.0 Å². The molecule has 7 heteroatoms. The Bertz CT molecular complexity index is 1120. The van der Waals surface area contributed by atoms with E-state index in [2.05, 4.69) is 10.3 Å². The zero-order valence-corrected chi connectivity index (χ0v) is 14.9. The molecule has 0 unspecified atom stereocenters. The Kier molecular flexibility index (Phi) is 5.38. The lowest BCUT2D eigenvalue weighted by molar-refractivity contribution is 0.716. The molecule has 0 atom stereocenters. The molecule has 0 saturated heterocycles. The third-order valence-corrected chi connectivity index (χ3v) is 4.28. The lowest BCUT2D eigenvalue weighted by atomic mass is 10.1. The fourth-order valence-electron chi connectivity index (χ4n) is 2.65. The zero-order chi connectivity index (χ0) is 19.2. The molecule has 0 aliphatic rings. The molecule has 0 aliphatic carbocycles. The minimum atomic E-state index is -0.258. The number of halogens is 1. The van der Waals surface area contributed by atoms with Gasteiger partial charge in [-0.1, -0.05) is 23.7 Å². The van der Waals surface area contributed by atoms with Gasteiger partial charge in [0, 0.05) is 17.3 Å². The van der Waals surface area contributed by atoms with Crippen molar-refractivity contribution in [1.29, 1.82) is 15.8 Å². The fraction of sp³-hybridized carbons (Fsp3) is 0.100. The molecule has 2 aromatic carbocycles. The molecule has 3 rings (SSSR count). The Morgan fingerprint density at radius 2 is 1.78 bits per heavy atom. The molecular weight excluding hydrogens is 360 g/mol. The van der Waals surface area contributed by atoms with Crippen LogP contribution in [0.15, 0.2) is 60.1 Å². The molecule has 0 radical (unpaired) electrons. The van der Waals surface area contributed by atoms with E-state index in [-0.39, 0.29) is 11.3 Å². The number of anilines is 1. The standard InChI is InChI=1S/C20H13ClN6/c21-16-3-1-14(2-4-16)7-8-27-13-25-18-9-17(5-6-20(18)27)26-19(12-24)15(10-22)11-23/h1-6,9,13,26H,7-8H2. The van der Waals surface area contributed by atoms with Crippen molar-refractivity contribution in [3.05, 3.63) is 70.6 Å². The number of benzene rings is 2. The number of rotatable bonds is 5. The summed E-state index contributed by atoms with van der Waals surface area (Å²) in [6, 6.07) is 18.4. The summed E-state index contributed by atoms with van der Waals surface area (Å²) in [6.07, 6.45) is 2.61. The number of aromatic nitrogens is 2. The van der Waals surface area contributed by atoms with Crippen LogP contribution in [-0.4, -0.2) is 9.55 Å². The molecule has 1 heterocycles. The molecule has 0 fully saturated rings. The van der Waals surface area contributed by atoms with Crippen molar-refractivity contribution in [1.82, 2.24) is 9.55 Å². The molecular formula is C20H13ClN6. The Morgan fingerprint density at radius 3 is 2.44 bits per heavy atom. The Labute approximate surface area is 161 Å². The monoisotopic (exact) mass is 372 g/mol. The van der Waals surface area contributed by atoms with Crippen LogP contribution in [-0.2, 0) is 13.0 Å². The molecule has 0 amide bonds. The molecule has 0 spiro atoms. The van der Waals surface area contributed by atoms with Gasteiger partial charge in [-0.15, -0.1) is 0 Å². The number of imidazole rings is 1. The Balaban J connectivity index is 1.80. The second-order valence-electron chi connectivity index (χ2n) is 5.73. The van der Waals surface area contributed by atoms with Gasteiger partial charge in [0.2, 0.25) is 0 Å². The van der Waals surface area contributed by atoms with Gasteiger partial charge in [-0.05, 0) is 42.3 Å². The fourth-order valence-corrected chi connectivity index (χ4v) is 2.77. The van der Waals surface area contributed by atoms with Crippen LogP contribution in [0.4, 0.5) is 5.69 Å². The SMILES string of the molecule is N#CC(C#N)=C(C#N)Nc1ccc2c(c1)ncn2CCc1ccc(Cl)cc1. The highest BCUT2D eigenvalue weighted by molar-refractivity contribution is 6.30. The quantitative estimate of drug-likeness (QED) is 0.677. The van der Waals surface area contributed by atoms with Crippen LogP contribution in [0.2, 0.25) is 5.02 Å². The summed E-state index contributed by atoms with van der Waals surface area (Å²) < 4.78 is 2.05. The lowest BCUT2D eigenvalue weighted by Gasteiger charge is -2.07. The lowest BCUT2D eigenvalue weighted by Crippen LogP contribution is -2.01. The van der Waals surface area contributed by atoms with Crippen molar-refractivity contribution >= 4 is 28.3 Å². The van der Waals surface area contributed by atoms with Crippen molar-refractivity contribution in [2.24, 2.45) is 0 Å². The maximum absolute atomic E-state index is 9.13. The van der Waals surface area contributed by atoms with E-state index in [0.29, 0.717) is 10.7 Å². The van der Waals surface area contributed by atoms with Gasteiger partial charge in [-0.2, -0.15) is 15.8 Å². The molecule has 0 saturated carbocycles. The first-order valence-corrected chi connectivity index (χ1v) is 8.43. The van der Waals surface area contributed by atoms with Gasteiger partial charge in [-0.25, -0.2) is 4.98 Å². The van der Waals surface area contributed by atoms with Gasteiger partial charge in [0.05, 0.1) is 17.4 Å². The maximum Gasteiger partial charge on any atom is 0.163 e. The molecule has 0 aliphatic heterocycles. The highest BCUT2D eigenvalue weighted by atomic mass is 35.5. The van der Waals surface area contributed by atoms with Gasteiger partial charge in [0.15, 0.2) is 5.57 Å². The van der Waals surface area contributed by atoms with Crippen LogP contribution in [0.1, 0.15) is 5.56 Å². The van der Waals surface area contributed by atoms with Crippen LogP contribution in [0.3, 0.4) is 0 Å². The second kappa shape index (κ2) is 8.06. The first-order chi connectivity index (χ1) is 13.1. The van der Waals surface area contributed by atoms with E-state index in [1.54, 1.807) is 30.6 Å². The van der Waals surface area contributed by atoms with E-state index in [9.17, 15) is 0 Å². The number of hydrogen-bond donors (Lipinski definition) is 1. The number of hydrogen-bond acceptors (Lipinski definition) is 5. The van der Waals surface area contributed by atoms with Gasteiger partial charge in [0.25, 0.3) is 0 Å². The number of nitrogens with zero attached hydrogens (tertiary/aromatic N) is 5. The summed E-state index contributed by atoms with van der Waals surface area (Å²) in [7, 11) is 0. The van der Waals surface area contributed by atoms with E-state index in [0.717, 1.165) is 24.0 Å². The maximum atomic E-state index is 9.13. The van der Waals surface area contributed by atoms with E-state index in [1.165, 1.54) is 5.56 Å².